The molecule has 4 rings (SSSR count). The van der Waals surface area contributed by atoms with Crippen LogP contribution in [-0.2, 0) is 4.74 Å². The van der Waals surface area contributed by atoms with E-state index in [1.807, 2.05) is 81.4 Å². The topological polar surface area (TPSA) is 72.5 Å². The molecule has 1 atom stereocenters. The maximum atomic E-state index is 12.3. The molecule has 0 bridgehead atoms. The number of para-hydroxylation sites is 1. The summed E-state index contributed by atoms with van der Waals surface area (Å²) >= 11 is 0. The highest BCUT2D eigenvalue weighted by Crippen LogP contribution is 2.40. The number of nitrogens with zero attached hydrogens (tertiary/aromatic N) is 1. The van der Waals surface area contributed by atoms with E-state index in [1.54, 1.807) is 6.20 Å². The number of fused-ring (bicyclic) bond motifs is 1. The molecule has 1 amide bonds. The summed E-state index contributed by atoms with van der Waals surface area (Å²) in [6, 6.07) is 19.6. The van der Waals surface area contributed by atoms with Gasteiger partial charge in [-0.3, -0.25) is 5.32 Å². The second kappa shape index (κ2) is 8.06. The summed E-state index contributed by atoms with van der Waals surface area (Å²) in [7, 11) is 0. The molecule has 0 radical (unpaired) electrons. The van der Waals surface area contributed by atoms with Crippen LogP contribution in [0.5, 0.6) is 11.5 Å². The van der Waals surface area contributed by atoms with Gasteiger partial charge in [0.1, 0.15) is 22.9 Å². The molecule has 0 saturated heterocycles. The molecule has 2 heterocycles. The molecule has 2 aromatic carbocycles. The zero-order chi connectivity index (χ0) is 21.1. The van der Waals surface area contributed by atoms with Crippen LogP contribution in [0.4, 0.5) is 16.3 Å². The molecule has 1 unspecified atom stereocenters. The molecule has 6 heteroatoms. The van der Waals surface area contributed by atoms with Gasteiger partial charge in [0.15, 0.2) is 0 Å². The SMILES string of the molecule is CC(C)(C)OC(=O)Nc1nccc2c1C(c1ccc(Oc3ccccc3)cc1)CN2. The summed E-state index contributed by atoms with van der Waals surface area (Å²) in [6.07, 6.45) is 1.17. The Morgan fingerprint density at radius 2 is 1.73 bits per heavy atom. The van der Waals surface area contributed by atoms with Crippen molar-refractivity contribution in [3.63, 3.8) is 0 Å². The summed E-state index contributed by atoms with van der Waals surface area (Å²) in [5.74, 6) is 2.14. The van der Waals surface area contributed by atoms with Crippen LogP contribution < -0.4 is 15.4 Å². The number of pyridine rings is 1. The first-order chi connectivity index (χ1) is 14.4. The molecule has 1 aromatic heterocycles. The van der Waals surface area contributed by atoms with E-state index >= 15 is 0 Å². The Bertz CT molecular complexity index is 1030. The number of carbonyl (C=O) groups excluding carboxylic acids is 1. The van der Waals surface area contributed by atoms with Gasteiger partial charge in [0.2, 0.25) is 0 Å². The van der Waals surface area contributed by atoms with Crippen LogP contribution in [0.2, 0.25) is 0 Å². The molecule has 0 fully saturated rings. The van der Waals surface area contributed by atoms with Crippen LogP contribution in [-0.4, -0.2) is 23.2 Å². The van der Waals surface area contributed by atoms with Gasteiger partial charge in [0, 0.05) is 29.9 Å². The molecular formula is C24H25N3O3. The summed E-state index contributed by atoms with van der Waals surface area (Å²) in [4.78, 5) is 16.7. The molecule has 0 spiro atoms. The zero-order valence-corrected chi connectivity index (χ0v) is 17.3. The van der Waals surface area contributed by atoms with Crippen molar-refractivity contribution in [2.24, 2.45) is 0 Å². The van der Waals surface area contributed by atoms with Gasteiger partial charge >= 0.3 is 6.09 Å². The van der Waals surface area contributed by atoms with Crippen molar-refractivity contribution >= 4 is 17.6 Å². The van der Waals surface area contributed by atoms with Gasteiger partial charge in [-0.1, -0.05) is 30.3 Å². The summed E-state index contributed by atoms with van der Waals surface area (Å²) in [6.45, 7) is 6.22. The number of amides is 1. The Morgan fingerprint density at radius 1 is 1.03 bits per heavy atom. The Hall–Kier alpha value is -3.54. The number of aromatic nitrogens is 1. The van der Waals surface area contributed by atoms with Crippen molar-refractivity contribution in [1.82, 2.24) is 4.98 Å². The zero-order valence-electron chi connectivity index (χ0n) is 17.3. The van der Waals surface area contributed by atoms with E-state index in [0.717, 1.165) is 34.9 Å². The van der Waals surface area contributed by atoms with Gasteiger partial charge in [0.25, 0.3) is 0 Å². The predicted octanol–water partition coefficient (Wildman–Crippen LogP) is 5.78. The van der Waals surface area contributed by atoms with Crippen molar-refractivity contribution in [2.45, 2.75) is 32.3 Å². The molecule has 0 aliphatic carbocycles. The van der Waals surface area contributed by atoms with E-state index in [2.05, 4.69) is 15.6 Å². The Morgan fingerprint density at radius 3 is 2.43 bits per heavy atom. The van der Waals surface area contributed by atoms with E-state index in [9.17, 15) is 4.79 Å². The van der Waals surface area contributed by atoms with E-state index in [0.29, 0.717) is 5.82 Å². The van der Waals surface area contributed by atoms with Crippen LogP contribution in [0.15, 0.2) is 66.9 Å². The third-order valence-electron chi connectivity index (χ3n) is 4.72. The molecule has 154 valence electrons. The highest BCUT2D eigenvalue weighted by atomic mass is 16.6. The monoisotopic (exact) mass is 403 g/mol. The fourth-order valence-corrected chi connectivity index (χ4v) is 3.47. The van der Waals surface area contributed by atoms with E-state index in [1.165, 1.54) is 0 Å². The molecule has 3 aromatic rings. The third-order valence-corrected chi connectivity index (χ3v) is 4.72. The standard InChI is InChI=1S/C24H25N3O3/c1-24(2,3)30-23(28)27-22-21-19(15-26-20(21)13-14-25-22)16-9-11-18(12-10-16)29-17-7-5-4-6-8-17/h4-14,19,26H,15H2,1-3H3,(H,25,27,28). The van der Waals surface area contributed by atoms with Crippen LogP contribution in [0.25, 0.3) is 0 Å². The van der Waals surface area contributed by atoms with Crippen LogP contribution in [0.1, 0.15) is 37.8 Å². The van der Waals surface area contributed by atoms with Crippen molar-refractivity contribution in [1.29, 1.82) is 0 Å². The van der Waals surface area contributed by atoms with E-state index in [-0.39, 0.29) is 5.92 Å². The first-order valence-electron chi connectivity index (χ1n) is 9.95. The van der Waals surface area contributed by atoms with Gasteiger partial charge < -0.3 is 14.8 Å². The van der Waals surface area contributed by atoms with Gasteiger partial charge in [-0.05, 0) is 56.7 Å². The maximum Gasteiger partial charge on any atom is 0.413 e. The number of nitrogens with one attached hydrogen (secondary N) is 2. The Balaban J connectivity index is 1.54. The minimum absolute atomic E-state index is 0.0596. The molecule has 0 saturated carbocycles. The summed E-state index contributed by atoms with van der Waals surface area (Å²) in [5, 5.41) is 6.21. The molecule has 30 heavy (non-hydrogen) atoms. The number of carbonyl (C=O) groups is 1. The second-order valence-electron chi connectivity index (χ2n) is 8.17. The molecule has 2 N–H and O–H groups in total. The predicted molar refractivity (Wildman–Crippen MR) is 117 cm³/mol. The first kappa shape index (κ1) is 19.8. The molecule has 6 nitrogen and oxygen atoms in total. The van der Waals surface area contributed by atoms with Crippen molar-refractivity contribution < 1.29 is 14.3 Å². The third kappa shape index (κ3) is 4.54. The second-order valence-corrected chi connectivity index (χ2v) is 8.17. The minimum atomic E-state index is -0.575. The average Bonchev–Trinajstić information content (AvgIpc) is 3.13. The fourth-order valence-electron chi connectivity index (χ4n) is 3.47. The first-order valence-corrected chi connectivity index (χ1v) is 9.95. The lowest BCUT2D eigenvalue weighted by Crippen LogP contribution is -2.28. The lowest BCUT2D eigenvalue weighted by atomic mass is 9.93. The fraction of sp³-hybridized carbons (Fsp3) is 0.250. The molecule has 1 aliphatic rings. The number of hydrogen-bond acceptors (Lipinski definition) is 5. The Labute approximate surface area is 176 Å². The number of hydrogen-bond donors (Lipinski definition) is 2. The lowest BCUT2D eigenvalue weighted by Gasteiger charge is -2.21. The lowest BCUT2D eigenvalue weighted by molar-refractivity contribution is 0.0635. The van der Waals surface area contributed by atoms with Gasteiger partial charge in [0.05, 0.1) is 0 Å². The van der Waals surface area contributed by atoms with Gasteiger partial charge in [-0.15, -0.1) is 0 Å². The largest absolute Gasteiger partial charge is 0.457 e. The summed E-state index contributed by atoms with van der Waals surface area (Å²) in [5.41, 5.74) is 2.46. The smallest absolute Gasteiger partial charge is 0.413 e. The quantitative estimate of drug-likeness (QED) is 0.578. The minimum Gasteiger partial charge on any atom is -0.457 e. The van der Waals surface area contributed by atoms with E-state index < -0.39 is 11.7 Å². The van der Waals surface area contributed by atoms with Crippen molar-refractivity contribution in [3.8, 4) is 11.5 Å². The average molecular weight is 403 g/mol. The molecular weight excluding hydrogens is 378 g/mol. The van der Waals surface area contributed by atoms with Crippen molar-refractivity contribution in [2.75, 3.05) is 17.2 Å². The van der Waals surface area contributed by atoms with Gasteiger partial charge in [-0.25, -0.2) is 9.78 Å². The number of rotatable bonds is 4. The Kier molecular flexibility index (Phi) is 5.31. The van der Waals surface area contributed by atoms with Crippen LogP contribution >= 0.6 is 0 Å². The van der Waals surface area contributed by atoms with Gasteiger partial charge in [-0.2, -0.15) is 0 Å². The number of benzene rings is 2. The highest BCUT2D eigenvalue weighted by molar-refractivity contribution is 5.87. The van der Waals surface area contributed by atoms with Crippen molar-refractivity contribution in [3.05, 3.63) is 78.0 Å². The number of anilines is 2. The maximum absolute atomic E-state index is 12.3. The normalized spacial score (nSPS) is 15.1. The van der Waals surface area contributed by atoms with Crippen LogP contribution in [0.3, 0.4) is 0 Å². The molecule has 1 aliphatic heterocycles. The highest BCUT2D eigenvalue weighted by Gasteiger charge is 2.29. The summed E-state index contributed by atoms with van der Waals surface area (Å²) < 4.78 is 11.3. The number of ether oxygens (including phenoxy) is 2. The van der Waals surface area contributed by atoms with E-state index in [4.69, 9.17) is 9.47 Å². The van der Waals surface area contributed by atoms with Crippen LogP contribution in [0, 0.1) is 0 Å².